The van der Waals surface area contributed by atoms with Crippen molar-refractivity contribution in [3.05, 3.63) is 58.9 Å². The van der Waals surface area contributed by atoms with E-state index in [2.05, 4.69) is 29.4 Å². The summed E-state index contributed by atoms with van der Waals surface area (Å²) in [6.07, 6.45) is 2.28. The molecular weight excluding hydrogens is 286 g/mol. The van der Waals surface area contributed by atoms with Crippen molar-refractivity contribution in [2.75, 3.05) is 12.3 Å². The first-order valence-corrected chi connectivity index (χ1v) is 7.20. The average molecular weight is 304 g/mol. The minimum absolute atomic E-state index is 0.165. The van der Waals surface area contributed by atoms with E-state index in [1.165, 1.54) is 17.8 Å². The summed E-state index contributed by atoms with van der Waals surface area (Å²) in [6, 6.07) is 11.7. The highest BCUT2D eigenvalue weighted by Crippen LogP contribution is 2.18. The van der Waals surface area contributed by atoms with Gasteiger partial charge in [0.1, 0.15) is 5.15 Å². The van der Waals surface area contributed by atoms with Gasteiger partial charge in [-0.2, -0.15) is 0 Å². The molecule has 0 aliphatic heterocycles. The lowest BCUT2D eigenvalue weighted by atomic mass is 9.98. The highest BCUT2D eigenvalue weighted by molar-refractivity contribution is 6.32. The summed E-state index contributed by atoms with van der Waals surface area (Å²) in [4.78, 5) is 15.9. The number of aromatic nitrogens is 1. The Balaban J connectivity index is 1.88. The molecule has 0 radical (unpaired) electrons. The zero-order chi connectivity index (χ0) is 15.2. The van der Waals surface area contributed by atoms with Crippen molar-refractivity contribution in [1.82, 2.24) is 10.3 Å². The van der Waals surface area contributed by atoms with E-state index in [-0.39, 0.29) is 11.1 Å². The second-order valence-electron chi connectivity index (χ2n) is 4.96. The molecule has 110 valence electrons. The summed E-state index contributed by atoms with van der Waals surface area (Å²) in [7, 11) is 0. The third kappa shape index (κ3) is 4.20. The summed E-state index contributed by atoms with van der Waals surface area (Å²) in [5.74, 6) is 0.126. The lowest BCUT2D eigenvalue weighted by Gasteiger charge is -2.12. The van der Waals surface area contributed by atoms with Crippen LogP contribution in [-0.4, -0.2) is 17.4 Å². The van der Waals surface area contributed by atoms with Gasteiger partial charge < -0.3 is 11.1 Å². The molecule has 5 heteroatoms. The molecule has 1 aromatic carbocycles. The molecule has 0 spiro atoms. The SMILES string of the molecule is CC(CCNC(=O)c1cc(N)cnc1Cl)c1ccccc1. The Bertz CT molecular complexity index is 616. The predicted octanol–water partition coefficient (Wildman–Crippen LogP) is 3.24. The van der Waals surface area contributed by atoms with Crippen LogP contribution >= 0.6 is 11.6 Å². The zero-order valence-electron chi connectivity index (χ0n) is 11.8. The molecule has 1 amide bonds. The third-order valence-corrected chi connectivity index (χ3v) is 3.64. The first-order chi connectivity index (χ1) is 10.1. The monoisotopic (exact) mass is 303 g/mol. The Morgan fingerprint density at radius 3 is 2.81 bits per heavy atom. The van der Waals surface area contributed by atoms with Gasteiger partial charge in [-0.3, -0.25) is 4.79 Å². The van der Waals surface area contributed by atoms with E-state index < -0.39 is 0 Å². The van der Waals surface area contributed by atoms with E-state index in [4.69, 9.17) is 17.3 Å². The van der Waals surface area contributed by atoms with Gasteiger partial charge in [0.15, 0.2) is 0 Å². The number of nitrogen functional groups attached to an aromatic ring is 1. The van der Waals surface area contributed by atoms with E-state index in [1.54, 1.807) is 0 Å². The maximum absolute atomic E-state index is 12.0. The molecule has 0 fully saturated rings. The fourth-order valence-corrected chi connectivity index (χ4v) is 2.26. The minimum Gasteiger partial charge on any atom is -0.397 e. The second kappa shape index (κ2) is 7.09. The highest BCUT2D eigenvalue weighted by atomic mass is 35.5. The average Bonchev–Trinajstić information content (AvgIpc) is 2.50. The zero-order valence-corrected chi connectivity index (χ0v) is 12.6. The van der Waals surface area contributed by atoms with E-state index in [1.807, 2.05) is 18.2 Å². The molecule has 4 nitrogen and oxygen atoms in total. The number of hydrogen-bond acceptors (Lipinski definition) is 3. The van der Waals surface area contributed by atoms with Gasteiger partial charge >= 0.3 is 0 Å². The molecule has 0 saturated heterocycles. The first kappa shape index (κ1) is 15.3. The molecular formula is C16H18ClN3O. The molecule has 0 saturated carbocycles. The van der Waals surface area contributed by atoms with Gasteiger partial charge in [-0.05, 0) is 24.0 Å². The van der Waals surface area contributed by atoms with Crippen LogP contribution in [0.4, 0.5) is 5.69 Å². The maximum atomic E-state index is 12.0. The number of anilines is 1. The first-order valence-electron chi connectivity index (χ1n) is 6.82. The van der Waals surface area contributed by atoms with Gasteiger partial charge in [0, 0.05) is 6.54 Å². The molecule has 0 bridgehead atoms. The molecule has 3 N–H and O–H groups in total. The number of carbonyl (C=O) groups excluding carboxylic acids is 1. The highest BCUT2D eigenvalue weighted by Gasteiger charge is 2.12. The third-order valence-electron chi connectivity index (χ3n) is 3.34. The maximum Gasteiger partial charge on any atom is 0.254 e. The van der Waals surface area contributed by atoms with Gasteiger partial charge in [-0.1, -0.05) is 48.9 Å². The molecule has 1 aromatic heterocycles. The van der Waals surface area contributed by atoms with Crippen molar-refractivity contribution in [2.24, 2.45) is 0 Å². The number of rotatable bonds is 5. The number of carbonyl (C=O) groups is 1. The number of halogens is 1. The van der Waals surface area contributed by atoms with E-state index >= 15 is 0 Å². The predicted molar refractivity (Wildman–Crippen MR) is 85.5 cm³/mol. The van der Waals surface area contributed by atoms with Crippen LogP contribution in [0.2, 0.25) is 5.15 Å². The molecule has 1 unspecified atom stereocenters. The van der Waals surface area contributed by atoms with Crippen LogP contribution in [0.1, 0.15) is 35.2 Å². The quantitative estimate of drug-likeness (QED) is 0.833. The topological polar surface area (TPSA) is 68.0 Å². The second-order valence-corrected chi connectivity index (χ2v) is 5.32. The fourth-order valence-electron chi connectivity index (χ4n) is 2.07. The normalized spacial score (nSPS) is 11.9. The number of nitrogens with two attached hydrogens (primary N) is 1. The summed E-state index contributed by atoms with van der Waals surface area (Å²) in [5, 5.41) is 3.01. The molecule has 1 heterocycles. The van der Waals surface area contributed by atoms with E-state index in [0.717, 1.165) is 6.42 Å². The van der Waals surface area contributed by atoms with Crippen LogP contribution in [0.3, 0.4) is 0 Å². The van der Waals surface area contributed by atoms with Crippen molar-refractivity contribution in [3.63, 3.8) is 0 Å². The molecule has 21 heavy (non-hydrogen) atoms. The fraction of sp³-hybridized carbons (Fsp3) is 0.250. The van der Waals surface area contributed by atoms with Crippen LogP contribution in [-0.2, 0) is 0 Å². The number of amides is 1. The van der Waals surface area contributed by atoms with Crippen LogP contribution in [0.5, 0.6) is 0 Å². The van der Waals surface area contributed by atoms with Gasteiger partial charge in [0.2, 0.25) is 0 Å². The lowest BCUT2D eigenvalue weighted by Crippen LogP contribution is -2.26. The van der Waals surface area contributed by atoms with Crippen LogP contribution in [0, 0.1) is 0 Å². The molecule has 1 atom stereocenters. The molecule has 0 aliphatic rings. The molecule has 2 aromatic rings. The van der Waals surface area contributed by atoms with E-state index in [0.29, 0.717) is 23.7 Å². The van der Waals surface area contributed by atoms with Gasteiger partial charge in [-0.15, -0.1) is 0 Å². The Labute approximate surface area is 129 Å². The number of nitrogens with one attached hydrogen (secondary N) is 1. The lowest BCUT2D eigenvalue weighted by molar-refractivity contribution is 0.0952. The summed E-state index contributed by atoms with van der Waals surface area (Å²) < 4.78 is 0. The van der Waals surface area contributed by atoms with Crippen LogP contribution in [0.15, 0.2) is 42.6 Å². The van der Waals surface area contributed by atoms with Gasteiger partial charge in [-0.25, -0.2) is 4.98 Å². The van der Waals surface area contributed by atoms with Crippen molar-refractivity contribution in [1.29, 1.82) is 0 Å². The number of pyridine rings is 1. The number of benzene rings is 1. The largest absolute Gasteiger partial charge is 0.397 e. The summed E-state index contributed by atoms with van der Waals surface area (Å²) in [5.41, 5.74) is 7.60. The number of nitrogens with zero attached hydrogens (tertiary/aromatic N) is 1. The van der Waals surface area contributed by atoms with Gasteiger partial charge in [0.05, 0.1) is 17.4 Å². The number of hydrogen-bond donors (Lipinski definition) is 2. The summed E-state index contributed by atoms with van der Waals surface area (Å²) in [6.45, 7) is 2.70. The van der Waals surface area contributed by atoms with E-state index in [9.17, 15) is 4.79 Å². The Hall–Kier alpha value is -2.07. The van der Waals surface area contributed by atoms with Crippen molar-refractivity contribution in [2.45, 2.75) is 19.3 Å². The van der Waals surface area contributed by atoms with Crippen molar-refractivity contribution in [3.8, 4) is 0 Å². The summed E-state index contributed by atoms with van der Waals surface area (Å²) >= 11 is 5.90. The molecule has 0 aliphatic carbocycles. The van der Waals surface area contributed by atoms with Crippen molar-refractivity contribution >= 4 is 23.2 Å². The smallest absolute Gasteiger partial charge is 0.254 e. The Morgan fingerprint density at radius 2 is 2.10 bits per heavy atom. The Morgan fingerprint density at radius 1 is 1.38 bits per heavy atom. The van der Waals surface area contributed by atoms with Crippen molar-refractivity contribution < 1.29 is 4.79 Å². The van der Waals surface area contributed by atoms with Gasteiger partial charge in [0.25, 0.3) is 5.91 Å². The molecule has 2 rings (SSSR count). The minimum atomic E-state index is -0.250. The van der Waals surface area contributed by atoms with Crippen LogP contribution in [0.25, 0.3) is 0 Å². The standard InChI is InChI=1S/C16H18ClN3O/c1-11(12-5-3-2-4-6-12)7-8-19-16(21)14-9-13(18)10-20-15(14)17/h2-6,9-11H,7-8,18H2,1H3,(H,19,21). The Kier molecular flexibility index (Phi) is 5.17. The van der Waals surface area contributed by atoms with Crippen LogP contribution < -0.4 is 11.1 Å².